The van der Waals surface area contributed by atoms with Crippen LogP contribution in [0.4, 0.5) is 26.4 Å². The molecule has 1 unspecified atom stereocenters. The van der Waals surface area contributed by atoms with Crippen LogP contribution in [0.15, 0.2) is 5.10 Å². The standard InChI is InChI=1S/C8H11F6N3/c1-2-3-4-17-6(16(14)5-15-17)7(9,10)8(11,12)13/h5-6H,2-4H2,1H3. The molecular formula is C8H11F6N3. The van der Waals surface area contributed by atoms with Crippen molar-refractivity contribution in [3.05, 3.63) is 0 Å². The minimum absolute atomic E-state index is 0.163. The zero-order valence-electron chi connectivity index (χ0n) is 8.89. The molecular weight excluding hydrogens is 252 g/mol. The third-order valence-electron chi connectivity index (χ3n) is 2.27. The van der Waals surface area contributed by atoms with Crippen LogP contribution in [0, 0.1) is 0 Å². The average Bonchev–Trinajstić information content (AvgIpc) is 2.55. The van der Waals surface area contributed by atoms with Gasteiger partial charge in [-0.2, -0.15) is 32.2 Å². The second kappa shape index (κ2) is 4.61. The second-order valence-corrected chi connectivity index (χ2v) is 3.59. The molecule has 0 saturated heterocycles. The molecule has 0 aromatic heterocycles. The molecule has 3 nitrogen and oxygen atoms in total. The van der Waals surface area contributed by atoms with E-state index in [9.17, 15) is 26.4 Å². The van der Waals surface area contributed by atoms with Crippen molar-refractivity contribution >= 4 is 6.34 Å². The highest BCUT2D eigenvalue weighted by Gasteiger charge is 2.67. The van der Waals surface area contributed by atoms with Gasteiger partial charge in [0.15, 0.2) is 0 Å². The molecule has 1 aliphatic heterocycles. The molecule has 0 bridgehead atoms. The lowest BCUT2D eigenvalue weighted by Crippen LogP contribution is -2.57. The van der Waals surface area contributed by atoms with Crippen molar-refractivity contribution in [2.24, 2.45) is 5.10 Å². The van der Waals surface area contributed by atoms with Gasteiger partial charge in [-0.3, -0.25) is 5.01 Å². The van der Waals surface area contributed by atoms with Crippen molar-refractivity contribution < 1.29 is 26.4 Å². The molecule has 100 valence electrons. The first kappa shape index (κ1) is 13.9. The summed E-state index contributed by atoms with van der Waals surface area (Å²) in [6.45, 7) is 1.56. The summed E-state index contributed by atoms with van der Waals surface area (Å²) in [6, 6.07) is 0. The smallest absolute Gasteiger partial charge is 0.264 e. The summed E-state index contributed by atoms with van der Waals surface area (Å²) in [6.07, 6.45) is -7.34. The van der Waals surface area contributed by atoms with E-state index in [1.54, 1.807) is 6.92 Å². The Labute approximate surface area is 93.6 Å². The molecule has 1 atom stereocenters. The fourth-order valence-electron chi connectivity index (χ4n) is 1.36. The summed E-state index contributed by atoms with van der Waals surface area (Å²) in [5, 5.41) is 2.89. The lowest BCUT2D eigenvalue weighted by molar-refractivity contribution is -0.323. The third-order valence-corrected chi connectivity index (χ3v) is 2.27. The highest BCUT2D eigenvalue weighted by Crippen LogP contribution is 2.42. The van der Waals surface area contributed by atoms with E-state index in [4.69, 9.17) is 0 Å². The molecule has 0 saturated carbocycles. The van der Waals surface area contributed by atoms with Crippen LogP contribution in [0.25, 0.3) is 0 Å². The molecule has 1 rings (SSSR count). The van der Waals surface area contributed by atoms with Gasteiger partial charge in [-0.05, 0) is 6.42 Å². The Kier molecular flexibility index (Phi) is 3.78. The molecule has 0 aromatic carbocycles. The van der Waals surface area contributed by atoms with Crippen LogP contribution in [0.5, 0.6) is 0 Å². The molecule has 1 aliphatic rings. The number of hydrogen-bond acceptors (Lipinski definition) is 3. The Morgan fingerprint density at radius 2 is 1.82 bits per heavy atom. The van der Waals surface area contributed by atoms with Crippen molar-refractivity contribution in [2.45, 2.75) is 38.0 Å². The molecule has 0 aliphatic carbocycles. The van der Waals surface area contributed by atoms with E-state index in [1.807, 2.05) is 0 Å². The van der Waals surface area contributed by atoms with E-state index in [0.717, 1.165) is 0 Å². The van der Waals surface area contributed by atoms with Gasteiger partial charge >= 0.3 is 12.1 Å². The predicted octanol–water partition coefficient (Wildman–Crippen LogP) is 2.76. The quantitative estimate of drug-likeness (QED) is 0.573. The van der Waals surface area contributed by atoms with Crippen molar-refractivity contribution in [1.82, 2.24) is 10.1 Å². The Morgan fingerprint density at radius 1 is 1.24 bits per heavy atom. The minimum Gasteiger partial charge on any atom is -0.264 e. The topological polar surface area (TPSA) is 18.8 Å². The lowest BCUT2D eigenvalue weighted by atomic mass is 10.2. The van der Waals surface area contributed by atoms with Gasteiger partial charge < -0.3 is 0 Å². The van der Waals surface area contributed by atoms with E-state index in [0.29, 0.717) is 24.2 Å². The zero-order chi connectivity index (χ0) is 13.3. The van der Waals surface area contributed by atoms with Gasteiger partial charge in [0.1, 0.15) is 6.34 Å². The van der Waals surface area contributed by atoms with Gasteiger partial charge in [0, 0.05) is 6.54 Å². The maximum absolute atomic E-state index is 13.0. The molecule has 0 radical (unpaired) electrons. The Bertz CT molecular complexity index is 289. The number of nitrogens with zero attached hydrogens (tertiary/aromatic N) is 3. The van der Waals surface area contributed by atoms with E-state index in [2.05, 4.69) is 5.10 Å². The number of alkyl halides is 5. The molecule has 17 heavy (non-hydrogen) atoms. The molecule has 0 N–H and O–H groups in total. The Morgan fingerprint density at radius 3 is 2.29 bits per heavy atom. The first-order valence-corrected chi connectivity index (χ1v) is 4.91. The molecule has 1 heterocycles. The maximum atomic E-state index is 13.0. The second-order valence-electron chi connectivity index (χ2n) is 3.59. The zero-order valence-corrected chi connectivity index (χ0v) is 8.89. The first-order valence-electron chi connectivity index (χ1n) is 4.91. The Hall–Kier alpha value is -1.15. The largest absolute Gasteiger partial charge is 0.457 e. The fraction of sp³-hybridized carbons (Fsp3) is 0.875. The van der Waals surface area contributed by atoms with E-state index in [-0.39, 0.29) is 6.54 Å². The van der Waals surface area contributed by atoms with Gasteiger partial charge in [-0.25, -0.2) is 0 Å². The van der Waals surface area contributed by atoms with Crippen molar-refractivity contribution in [2.75, 3.05) is 6.54 Å². The number of hydrazone groups is 1. The monoisotopic (exact) mass is 263 g/mol. The SMILES string of the molecule is CCCCN1N=CN(F)C1C(F)(F)C(F)(F)F. The maximum Gasteiger partial charge on any atom is 0.457 e. The van der Waals surface area contributed by atoms with Crippen LogP contribution in [0.1, 0.15) is 19.8 Å². The van der Waals surface area contributed by atoms with Crippen LogP contribution < -0.4 is 0 Å². The van der Waals surface area contributed by atoms with Gasteiger partial charge in [-0.1, -0.05) is 17.8 Å². The summed E-state index contributed by atoms with van der Waals surface area (Å²) in [5.41, 5.74) is 0. The van der Waals surface area contributed by atoms with Gasteiger partial charge in [0.05, 0.1) is 0 Å². The number of unbranched alkanes of at least 4 members (excludes halogenated alkanes) is 1. The average molecular weight is 263 g/mol. The third kappa shape index (κ3) is 2.58. The summed E-state index contributed by atoms with van der Waals surface area (Å²) >= 11 is 0. The van der Waals surface area contributed by atoms with Gasteiger partial charge in [0.2, 0.25) is 6.17 Å². The highest BCUT2D eigenvalue weighted by molar-refractivity contribution is 5.55. The Balaban J connectivity index is 2.86. The van der Waals surface area contributed by atoms with E-state index < -0.39 is 23.4 Å². The lowest BCUT2D eigenvalue weighted by Gasteiger charge is -2.32. The van der Waals surface area contributed by atoms with Crippen LogP contribution in [-0.4, -0.2) is 41.3 Å². The number of rotatable bonds is 4. The predicted molar refractivity (Wildman–Crippen MR) is 47.8 cm³/mol. The van der Waals surface area contributed by atoms with E-state index in [1.165, 1.54) is 0 Å². The molecule has 0 spiro atoms. The number of halogens is 6. The minimum atomic E-state index is -5.82. The summed E-state index contributed by atoms with van der Waals surface area (Å²) in [4.78, 5) is 0. The molecule has 0 fully saturated rings. The summed E-state index contributed by atoms with van der Waals surface area (Å²) < 4.78 is 75.4. The number of hydrogen-bond donors (Lipinski definition) is 0. The van der Waals surface area contributed by atoms with E-state index >= 15 is 0 Å². The highest BCUT2D eigenvalue weighted by atomic mass is 19.4. The van der Waals surface area contributed by atoms with Crippen molar-refractivity contribution in [1.29, 1.82) is 0 Å². The molecule has 9 heteroatoms. The van der Waals surface area contributed by atoms with Crippen LogP contribution >= 0.6 is 0 Å². The van der Waals surface area contributed by atoms with Crippen molar-refractivity contribution in [3.63, 3.8) is 0 Å². The summed E-state index contributed by atoms with van der Waals surface area (Å²) in [5.74, 6) is -5.19. The van der Waals surface area contributed by atoms with Gasteiger partial charge in [-0.15, -0.1) is 0 Å². The normalized spacial score (nSPS) is 21.5. The molecule has 0 amide bonds. The molecule has 0 aromatic rings. The fourth-order valence-corrected chi connectivity index (χ4v) is 1.36. The van der Waals surface area contributed by atoms with Crippen LogP contribution in [-0.2, 0) is 0 Å². The van der Waals surface area contributed by atoms with Crippen LogP contribution in [0.2, 0.25) is 0 Å². The van der Waals surface area contributed by atoms with Gasteiger partial charge in [0.25, 0.3) is 0 Å². The van der Waals surface area contributed by atoms with Crippen LogP contribution in [0.3, 0.4) is 0 Å². The summed E-state index contributed by atoms with van der Waals surface area (Å²) in [7, 11) is 0. The first-order chi connectivity index (χ1) is 7.71. The van der Waals surface area contributed by atoms with Crippen molar-refractivity contribution in [3.8, 4) is 0 Å².